The van der Waals surface area contributed by atoms with E-state index in [-0.39, 0.29) is 29.5 Å². The van der Waals surface area contributed by atoms with E-state index in [1.54, 1.807) is 0 Å². The minimum atomic E-state index is -0.305. The van der Waals surface area contributed by atoms with Crippen LogP contribution < -0.4 is 10.6 Å². The molecule has 3 rings (SSSR count). The van der Waals surface area contributed by atoms with Crippen LogP contribution in [0.3, 0.4) is 0 Å². The first kappa shape index (κ1) is 25.5. The smallest absolute Gasteiger partial charge is 0.251 e. The molecule has 1 aromatic heterocycles. The van der Waals surface area contributed by atoms with E-state index in [9.17, 15) is 9.59 Å². The molecule has 0 radical (unpaired) electrons. The van der Waals surface area contributed by atoms with Crippen molar-refractivity contribution in [2.45, 2.75) is 58.8 Å². The summed E-state index contributed by atoms with van der Waals surface area (Å²) in [6, 6.07) is 15.0. The Kier molecular flexibility index (Phi) is 8.87. The van der Waals surface area contributed by atoms with Gasteiger partial charge in [0.1, 0.15) is 0 Å². The van der Waals surface area contributed by atoms with Gasteiger partial charge in [-0.05, 0) is 49.9 Å². The molecule has 2 aromatic carbocycles. The average molecular weight is 480 g/mol. The third-order valence-electron chi connectivity index (χ3n) is 5.61. The SMILES string of the molecule is CCc1ccccc1NC(=O)CSc1nnc([C@H](NC(=O)c2ccc(C)cc2)C(C)C)n1CC. The van der Waals surface area contributed by atoms with Crippen molar-refractivity contribution in [3.8, 4) is 0 Å². The van der Waals surface area contributed by atoms with Crippen molar-refractivity contribution in [2.24, 2.45) is 5.92 Å². The lowest BCUT2D eigenvalue weighted by Gasteiger charge is -2.22. The zero-order valence-corrected chi connectivity index (χ0v) is 21.3. The maximum atomic E-state index is 12.9. The Morgan fingerprint density at radius 2 is 1.74 bits per heavy atom. The van der Waals surface area contributed by atoms with E-state index in [1.807, 2.05) is 80.8 Å². The van der Waals surface area contributed by atoms with Crippen LogP contribution in [0.1, 0.15) is 61.0 Å². The van der Waals surface area contributed by atoms with Crippen molar-refractivity contribution in [3.05, 3.63) is 71.0 Å². The highest BCUT2D eigenvalue weighted by atomic mass is 32.2. The van der Waals surface area contributed by atoms with E-state index in [0.29, 0.717) is 23.1 Å². The number of amides is 2. The third kappa shape index (κ3) is 6.26. The van der Waals surface area contributed by atoms with Crippen LogP contribution in [-0.2, 0) is 17.8 Å². The molecule has 180 valence electrons. The van der Waals surface area contributed by atoms with Gasteiger partial charge in [-0.2, -0.15) is 0 Å². The standard InChI is InChI=1S/C26H33N5O2S/c1-6-19-10-8-9-11-21(19)27-22(32)16-34-26-30-29-24(31(26)7-2)23(17(3)4)28-25(33)20-14-12-18(5)13-15-20/h8-15,17,23H,6-7,16H2,1-5H3,(H,27,32)(H,28,33)/t23-/m1/s1. The lowest BCUT2D eigenvalue weighted by atomic mass is 10.0. The summed E-state index contributed by atoms with van der Waals surface area (Å²) in [7, 11) is 0. The lowest BCUT2D eigenvalue weighted by Crippen LogP contribution is -2.33. The van der Waals surface area contributed by atoms with E-state index in [1.165, 1.54) is 11.8 Å². The molecule has 0 spiro atoms. The molecule has 0 aliphatic rings. The van der Waals surface area contributed by atoms with Gasteiger partial charge in [0.05, 0.1) is 11.8 Å². The molecule has 8 heteroatoms. The molecule has 2 amide bonds. The summed E-state index contributed by atoms with van der Waals surface area (Å²) in [5, 5.41) is 15.5. The maximum Gasteiger partial charge on any atom is 0.251 e. The number of nitrogens with one attached hydrogen (secondary N) is 2. The quantitative estimate of drug-likeness (QED) is 0.398. The number of thioether (sulfide) groups is 1. The second-order valence-corrected chi connectivity index (χ2v) is 9.44. The number of anilines is 1. The molecular formula is C26H33N5O2S. The molecule has 3 aromatic rings. The number of aromatic nitrogens is 3. The summed E-state index contributed by atoms with van der Waals surface area (Å²) in [4.78, 5) is 25.4. The van der Waals surface area contributed by atoms with Crippen LogP contribution in [0, 0.1) is 12.8 Å². The number of benzene rings is 2. The van der Waals surface area contributed by atoms with Gasteiger partial charge in [-0.15, -0.1) is 10.2 Å². The van der Waals surface area contributed by atoms with E-state index in [0.717, 1.165) is 23.2 Å². The van der Waals surface area contributed by atoms with Crippen LogP contribution in [0.15, 0.2) is 53.7 Å². The molecular weight excluding hydrogens is 446 g/mol. The Balaban J connectivity index is 1.71. The molecule has 1 heterocycles. The summed E-state index contributed by atoms with van der Waals surface area (Å²) in [6.45, 7) is 10.8. The Bertz CT molecular complexity index is 1120. The molecule has 0 bridgehead atoms. The van der Waals surface area contributed by atoms with Gasteiger partial charge < -0.3 is 15.2 Å². The molecule has 2 N–H and O–H groups in total. The topological polar surface area (TPSA) is 88.9 Å². The number of aryl methyl sites for hydroxylation is 2. The Hall–Kier alpha value is -3.13. The van der Waals surface area contributed by atoms with Crippen LogP contribution >= 0.6 is 11.8 Å². The van der Waals surface area contributed by atoms with Crippen molar-refractivity contribution in [1.82, 2.24) is 20.1 Å². The molecule has 0 aliphatic heterocycles. The van der Waals surface area contributed by atoms with Crippen LogP contribution in [0.25, 0.3) is 0 Å². The van der Waals surface area contributed by atoms with Crippen LogP contribution in [-0.4, -0.2) is 32.3 Å². The first-order valence-corrected chi connectivity index (χ1v) is 12.6. The van der Waals surface area contributed by atoms with Crippen molar-refractivity contribution < 1.29 is 9.59 Å². The predicted octanol–water partition coefficient (Wildman–Crippen LogP) is 5.03. The van der Waals surface area contributed by atoms with E-state index >= 15 is 0 Å². The molecule has 0 unspecified atom stereocenters. The monoisotopic (exact) mass is 479 g/mol. The summed E-state index contributed by atoms with van der Waals surface area (Å²) >= 11 is 1.34. The number of nitrogens with zero attached hydrogens (tertiary/aromatic N) is 3. The fourth-order valence-electron chi connectivity index (χ4n) is 3.66. The highest BCUT2D eigenvalue weighted by molar-refractivity contribution is 7.99. The molecule has 0 aliphatic carbocycles. The van der Waals surface area contributed by atoms with E-state index in [2.05, 4.69) is 27.8 Å². The normalized spacial score (nSPS) is 11.9. The number of rotatable bonds is 10. The van der Waals surface area contributed by atoms with Crippen molar-refractivity contribution in [3.63, 3.8) is 0 Å². The Morgan fingerprint density at radius 3 is 2.38 bits per heavy atom. The predicted molar refractivity (Wildman–Crippen MR) is 137 cm³/mol. The number of carbonyl (C=O) groups is 2. The minimum Gasteiger partial charge on any atom is -0.342 e. The van der Waals surface area contributed by atoms with Crippen molar-refractivity contribution in [2.75, 3.05) is 11.1 Å². The third-order valence-corrected chi connectivity index (χ3v) is 6.58. The summed E-state index contributed by atoms with van der Waals surface area (Å²) in [5.41, 5.74) is 3.65. The minimum absolute atomic E-state index is 0.0915. The van der Waals surface area contributed by atoms with Gasteiger partial charge in [-0.1, -0.05) is 68.4 Å². The first-order valence-electron chi connectivity index (χ1n) is 11.6. The van der Waals surface area contributed by atoms with Crippen LogP contribution in [0.4, 0.5) is 5.69 Å². The number of hydrogen-bond donors (Lipinski definition) is 2. The molecule has 34 heavy (non-hydrogen) atoms. The van der Waals surface area contributed by atoms with Gasteiger partial charge in [-0.25, -0.2) is 0 Å². The highest BCUT2D eigenvalue weighted by Crippen LogP contribution is 2.26. The average Bonchev–Trinajstić information content (AvgIpc) is 3.24. The van der Waals surface area contributed by atoms with E-state index in [4.69, 9.17) is 0 Å². The fourth-order valence-corrected chi connectivity index (χ4v) is 4.47. The second-order valence-electron chi connectivity index (χ2n) is 8.49. The zero-order chi connectivity index (χ0) is 24.7. The van der Waals surface area contributed by atoms with Crippen LogP contribution in [0.2, 0.25) is 0 Å². The van der Waals surface area contributed by atoms with Gasteiger partial charge in [0, 0.05) is 17.8 Å². The number of carbonyl (C=O) groups excluding carboxylic acids is 2. The van der Waals surface area contributed by atoms with Crippen molar-refractivity contribution >= 4 is 29.3 Å². The molecule has 1 atom stereocenters. The van der Waals surface area contributed by atoms with Crippen molar-refractivity contribution in [1.29, 1.82) is 0 Å². The molecule has 0 saturated heterocycles. The summed E-state index contributed by atoms with van der Waals surface area (Å²) < 4.78 is 1.97. The summed E-state index contributed by atoms with van der Waals surface area (Å²) in [6.07, 6.45) is 0.849. The zero-order valence-electron chi connectivity index (χ0n) is 20.5. The van der Waals surface area contributed by atoms with Crippen LogP contribution in [0.5, 0.6) is 0 Å². The molecule has 7 nitrogen and oxygen atoms in total. The number of para-hydroxylation sites is 1. The fraction of sp³-hybridized carbons (Fsp3) is 0.385. The first-order chi connectivity index (χ1) is 16.3. The second kappa shape index (κ2) is 11.8. The molecule has 0 saturated carbocycles. The Morgan fingerprint density at radius 1 is 1.03 bits per heavy atom. The van der Waals surface area contributed by atoms with Gasteiger partial charge in [0.15, 0.2) is 11.0 Å². The lowest BCUT2D eigenvalue weighted by molar-refractivity contribution is -0.113. The summed E-state index contributed by atoms with van der Waals surface area (Å²) in [5.74, 6) is 0.782. The highest BCUT2D eigenvalue weighted by Gasteiger charge is 2.26. The van der Waals surface area contributed by atoms with Gasteiger partial charge in [-0.3, -0.25) is 9.59 Å². The Labute approximate surface area is 205 Å². The molecule has 0 fully saturated rings. The number of hydrogen-bond acceptors (Lipinski definition) is 5. The van der Waals surface area contributed by atoms with Gasteiger partial charge in [0.2, 0.25) is 5.91 Å². The van der Waals surface area contributed by atoms with E-state index < -0.39 is 0 Å². The van der Waals surface area contributed by atoms with Gasteiger partial charge in [0.25, 0.3) is 5.91 Å². The largest absolute Gasteiger partial charge is 0.342 e. The van der Waals surface area contributed by atoms with Gasteiger partial charge >= 0.3 is 0 Å². The maximum absolute atomic E-state index is 12.9.